The van der Waals surface area contributed by atoms with Crippen molar-refractivity contribution in [2.24, 2.45) is 7.05 Å². The summed E-state index contributed by atoms with van der Waals surface area (Å²) in [6.45, 7) is 9.46. The van der Waals surface area contributed by atoms with Crippen molar-refractivity contribution in [1.82, 2.24) is 14.5 Å². The van der Waals surface area contributed by atoms with Gasteiger partial charge in [0.15, 0.2) is 5.78 Å². The van der Waals surface area contributed by atoms with Crippen LogP contribution in [0.15, 0.2) is 73.8 Å². The minimum Gasteiger partial charge on any atom is -0.368 e. The Morgan fingerprint density at radius 2 is 1.94 bits per heavy atom. The molecule has 2 N–H and O–H groups in total. The smallest absolute Gasteiger partial charge is 0.280 e. The Bertz CT molecular complexity index is 1170. The first-order chi connectivity index (χ1) is 15.2. The molecule has 0 spiro atoms. The molecule has 9 heteroatoms. The summed E-state index contributed by atoms with van der Waals surface area (Å²) in [7, 11) is 1.74. The molecule has 2 aromatic heterocycles. The maximum atomic E-state index is 13.5. The number of anilines is 3. The Morgan fingerprint density at radius 1 is 1.25 bits per heavy atom. The molecule has 0 aliphatic heterocycles. The highest BCUT2D eigenvalue weighted by Gasteiger charge is 2.27. The molecule has 0 saturated heterocycles. The minimum absolute atomic E-state index is 0.00838. The molecule has 8 nitrogen and oxygen atoms in total. The lowest BCUT2D eigenvalue weighted by Gasteiger charge is -2.29. The van der Waals surface area contributed by atoms with E-state index < -0.39 is 0 Å². The van der Waals surface area contributed by atoms with Crippen molar-refractivity contribution in [2.45, 2.75) is 6.92 Å². The van der Waals surface area contributed by atoms with Gasteiger partial charge < -0.3 is 15.2 Å². The molecule has 32 heavy (non-hydrogen) atoms. The number of benzene rings is 1. The number of Topliss-reactive ketones (excluding diaryl/α,β-unsaturated/α-hetero) is 1. The number of nitrogen functional groups attached to an aromatic ring is 1. The summed E-state index contributed by atoms with van der Waals surface area (Å²) in [4.78, 5) is 36.8. The first-order valence-corrected chi connectivity index (χ1v) is 10.0. The summed E-state index contributed by atoms with van der Waals surface area (Å²) in [5.74, 6) is -0.298. The molecule has 0 fully saturated rings. The van der Waals surface area contributed by atoms with Crippen LogP contribution in [0.25, 0.3) is 0 Å². The van der Waals surface area contributed by atoms with Gasteiger partial charge in [-0.1, -0.05) is 43.0 Å². The number of halogens is 1. The fraction of sp³-hybridized carbons (Fsp3) is 0.130. The molecule has 0 atom stereocenters. The number of carbonyl (C=O) groups is 2. The molecule has 3 aromatic rings. The van der Waals surface area contributed by atoms with Gasteiger partial charge in [-0.2, -0.15) is 4.98 Å². The average molecular weight is 451 g/mol. The van der Waals surface area contributed by atoms with E-state index in [0.717, 1.165) is 0 Å². The number of nitrogens with two attached hydrogens (primary N) is 1. The number of aryl methyl sites for hydroxylation is 1. The third kappa shape index (κ3) is 4.55. The predicted octanol–water partition coefficient (Wildman–Crippen LogP) is 4.06. The van der Waals surface area contributed by atoms with E-state index in [2.05, 4.69) is 23.1 Å². The lowest BCUT2D eigenvalue weighted by Crippen LogP contribution is -2.36. The fourth-order valence-electron chi connectivity index (χ4n) is 3.23. The van der Waals surface area contributed by atoms with E-state index in [1.807, 2.05) is 18.2 Å². The van der Waals surface area contributed by atoms with Crippen molar-refractivity contribution in [3.8, 4) is 0 Å². The van der Waals surface area contributed by atoms with Crippen molar-refractivity contribution < 1.29 is 9.59 Å². The number of para-hydroxylation sites is 1. The van der Waals surface area contributed by atoms with Crippen LogP contribution >= 0.6 is 11.6 Å². The molecular formula is C23H23ClN6O2. The van der Waals surface area contributed by atoms with Crippen molar-refractivity contribution in [1.29, 1.82) is 0 Å². The number of nitrogens with zero attached hydrogens (tertiary/aromatic N) is 5. The van der Waals surface area contributed by atoms with Gasteiger partial charge in [-0.05, 0) is 31.3 Å². The Balaban J connectivity index is 2.02. The highest BCUT2D eigenvalue weighted by atomic mass is 35.5. The highest BCUT2D eigenvalue weighted by molar-refractivity contribution is 6.34. The highest BCUT2D eigenvalue weighted by Crippen LogP contribution is 2.27. The molecule has 0 unspecified atom stereocenters. The maximum absolute atomic E-state index is 13.5. The van der Waals surface area contributed by atoms with Gasteiger partial charge in [0, 0.05) is 30.8 Å². The second-order valence-electron chi connectivity index (χ2n) is 7.00. The third-order valence-corrected chi connectivity index (χ3v) is 5.08. The van der Waals surface area contributed by atoms with E-state index >= 15 is 0 Å². The second-order valence-corrected chi connectivity index (χ2v) is 7.40. The normalized spacial score (nSPS) is 10.5. The molecule has 0 saturated carbocycles. The Kier molecular flexibility index (Phi) is 6.75. The van der Waals surface area contributed by atoms with Crippen LogP contribution in [0.2, 0.25) is 5.02 Å². The topological polar surface area (TPSA) is 97.3 Å². The van der Waals surface area contributed by atoms with Crippen LogP contribution in [-0.2, 0) is 7.05 Å². The van der Waals surface area contributed by atoms with Gasteiger partial charge >= 0.3 is 0 Å². The molecule has 0 bridgehead atoms. The van der Waals surface area contributed by atoms with E-state index in [-0.39, 0.29) is 35.6 Å². The number of amides is 1. The first kappa shape index (κ1) is 22.8. The van der Waals surface area contributed by atoms with Crippen LogP contribution < -0.4 is 15.5 Å². The summed E-state index contributed by atoms with van der Waals surface area (Å²) >= 11 is 6.29. The van der Waals surface area contributed by atoms with Crippen LogP contribution in [-0.4, -0.2) is 32.8 Å². The zero-order chi connectivity index (χ0) is 23.4. The van der Waals surface area contributed by atoms with Gasteiger partial charge in [-0.15, -0.1) is 0 Å². The molecule has 164 valence electrons. The molecule has 1 aromatic carbocycles. The van der Waals surface area contributed by atoms with Crippen molar-refractivity contribution in [3.05, 3.63) is 90.1 Å². The predicted molar refractivity (Wildman–Crippen MR) is 127 cm³/mol. The van der Waals surface area contributed by atoms with Crippen LogP contribution in [0.5, 0.6) is 0 Å². The van der Waals surface area contributed by atoms with Crippen molar-refractivity contribution in [2.75, 3.05) is 22.1 Å². The monoisotopic (exact) mass is 450 g/mol. The summed E-state index contributed by atoms with van der Waals surface area (Å²) in [5.41, 5.74) is 7.36. The zero-order valence-electron chi connectivity index (χ0n) is 17.8. The van der Waals surface area contributed by atoms with Gasteiger partial charge in [0.25, 0.3) is 5.91 Å². The van der Waals surface area contributed by atoms with Gasteiger partial charge in [0.1, 0.15) is 11.5 Å². The molecule has 0 radical (unpaired) electrons. The molecule has 2 heterocycles. The van der Waals surface area contributed by atoms with E-state index in [1.165, 1.54) is 24.2 Å². The summed E-state index contributed by atoms with van der Waals surface area (Å²) < 4.78 is 1.65. The van der Waals surface area contributed by atoms with Crippen LogP contribution in [0.4, 0.5) is 17.5 Å². The van der Waals surface area contributed by atoms with Gasteiger partial charge in [-0.3, -0.25) is 14.5 Å². The summed E-state index contributed by atoms with van der Waals surface area (Å²) in [5, 5.41) is 0.328. The lowest BCUT2D eigenvalue weighted by molar-refractivity contribution is 0.0984. The molecular weight excluding hydrogens is 428 g/mol. The Hall–Kier alpha value is -3.91. The Morgan fingerprint density at radius 3 is 2.50 bits per heavy atom. The number of ketones is 1. The third-order valence-electron chi connectivity index (χ3n) is 4.77. The second kappa shape index (κ2) is 9.49. The van der Waals surface area contributed by atoms with Crippen LogP contribution in [0, 0.1) is 0 Å². The van der Waals surface area contributed by atoms with E-state index in [0.29, 0.717) is 22.1 Å². The lowest BCUT2D eigenvalue weighted by atomic mass is 10.2. The van der Waals surface area contributed by atoms with Gasteiger partial charge in [0.05, 0.1) is 17.1 Å². The van der Waals surface area contributed by atoms with E-state index in [1.54, 1.807) is 40.9 Å². The van der Waals surface area contributed by atoms with Crippen molar-refractivity contribution >= 4 is 40.7 Å². The number of hydrogen-bond acceptors (Lipinski definition) is 6. The number of hydrogen-bond donors (Lipinski definition) is 1. The standard InChI is InChI=1S/C23H23ClN6O2/c1-5-29(21-18(16(3)31)13-26-23(25)27-21)14-15(2)30(17-9-7-6-8-10-17)22(32)20-19(24)11-12-28(20)4/h5-13H,1-2,14H2,3-4H3,(H2,25,26,27). The van der Waals surface area contributed by atoms with Crippen molar-refractivity contribution in [3.63, 3.8) is 0 Å². The van der Waals surface area contributed by atoms with Crippen LogP contribution in [0.3, 0.4) is 0 Å². The number of rotatable bonds is 8. The summed E-state index contributed by atoms with van der Waals surface area (Å²) in [6.07, 6.45) is 4.56. The molecule has 0 aliphatic rings. The Labute approximate surface area is 191 Å². The van der Waals surface area contributed by atoms with Crippen LogP contribution in [0.1, 0.15) is 27.8 Å². The fourth-order valence-corrected chi connectivity index (χ4v) is 3.50. The number of aromatic nitrogens is 3. The summed E-state index contributed by atoms with van der Waals surface area (Å²) in [6, 6.07) is 10.7. The molecule has 3 rings (SSSR count). The quantitative estimate of drug-likeness (QED) is 0.519. The SMILES string of the molecule is C=CN(CC(=C)N(C(=O)c1c(Cl)ccn1C)c1ccccc1)c1nc(N)ncc1C(C)=O. The maximum Gasteiger partial charge on any atom is 0.280 e. The average Bonchev–Trinajstić information content (AvgIpc) is 3.10. The van der Waals surface area contributed by atoms with E-state index in [4.69, 9.17) is 17.3 Å². The number of carbonyl (C=O) groups excluding carboxylic acids is 2. The largest absolute Gasteiger partial charge is 0.368 e. The van der Waals surface area contributed by atoms with Gasteiger partial charge in [-0.25, -0.2) is 4.98 Å². The minimum atomic E-state index is -0.350. The molecule has 0 aliphatic carbocycles. The van der Waals surface area contributed by atoms with Gasteiger partial charge in [0.2, 0.25) is 5.95 Å². The zero-order valence-corrected chi connectivity index (χ0v) is 18.6. The first-order valence-electron chi connectivity index (χ1n) is 9.65. The van der Waals surface area contributed by atoms with E-state index in [9.17, 15) is 9.59 Å². The molecule has 1 amide bonds.